The highest BCUT2D eigenvalue weighted by Gasteiger charge is 2.36. The fourth-order valence-electron chi connectivity index (χ4n) is 1.74. The number of rotatable bonds is 2. The Morgan fingerprint density at radius 2 is 1.88 bits per heavy atom. The largest absolute Gasteiger partial charge is 0.355 e. The van der Waals surface area contributed by atoms with Gasteiger partial charge in [-0.05, 0) is 0 Å². The van der Waals surface area contributed by atoms with Gasteiger partial charge in [0.05, 0.1) is 0 Å². The van der Waals surface area contributed by atoms with Crippen LogP contribution in [0.2, 0.25) is 0 Å². The summed E-state index contributed by atoms with van der Waals surface area (Å²) in [4.78, 5) is 34.9. The second-order valence-electron chi connectivity index (χ2n) is 3.67. The molecule has 0 aliphatic carbocycles. The summed E-state index contributed by atoms with van der Waals surface area (Å²) in [6.45, 7) is 0.330. The van der Waals surface area contributed by atoms with Gasteiger partial charge >= 0.3 is 0 Å². The van der Waals surface area contributed by atoms with Crippen molar-refractivity contribution < 1.29 is 14.4 Å². The van der Waals surface area contributed by atoms with Gasteiger partial charge in [-0.3, -0.25) is 14.4 Å². The number of carbonyl (C=O) groups is 3. The predicted octanol–water partition coefficient (Wildman–Crippen LogP) is 0.574. The lowest BCUT2D eigenvalue weighted by molar-refractivity contribution is -0.134. The molecule has 1 atom stereocenters. The van der Waals surface area contributed by atoms with E-state index in [2.05, 4.69) is 5.32 Å². The number of amides is 1. The molecule has 1 saturated heterocycles. The van der Waals surface area contributed by atoms with Gasteiger partial charge in [0.1, 0.15) is 0 Å². The van der Waals surface area contributed by atoms with E-state index in [0.717, 1.165) is 0 Å². The van der Waals surface area contributed by atoms with Gasteiger partial charge in [0, 0.05) is 18.5 Å². The third kappa shape index (κ3) is 1.86. The SMILES string of the molecule is O=C1CCNC(=O)C1C(=O)c1ccccc1. The molecular weight excluding hydrogens is 206 g/mol. The van der Waals surface area contributed by atoms with Gasteiger partial charge in [-0.15, -0.1) is 0 Å². The second kappa shape index (κ2) is 4.26. The molecule has 4 heteroatoms. The third-order valence-electron chi connectivity index (χ3n) is 2.58. The van der Waals surface area contributed by atoms with E-state index >= 15 is 0 Å². The number of carbonyl (C=O) groups excluding carboxylic acids is 3. The molecule has 0 bridgehead atoms. The number of hydrogen-bond donors (Lipinski definition) is 1. The molecule has 1 unspecified atom stereocenters. The first-order valence-electron chi connectivity index (χ1n) is 5.10. The van der Waals surface area contributed by atoms with Crippen molar-refractivity contribution in [2.24, 2.45) is 5.92 Å². The monoisotopic (exact) mass is 217 g/mol. The van der Waals surface area contributed by atoms with Crippen molar-refractivity contribution in [1.29, 1.82) is 0 Å². The Hall–Kier alpha value is -1.97. The highest BCUT2D eigenvalue weighted by molar-refractivity contribution is 6.24. The molecule has 1 aliphatic heterocycles. The van der Waals surface area contributed by atoms with Gasteiger partial charge in [-0.2, -0.15) is 0 Å². The first-order valence-corrected chi connectivity index (χ1v) is 5.10. The van der Waals surface area contributed by atoms with E-state index in [1.54, 1.807) is 30.3 Å². The minimum Gasteiger partial charge on any atom is -0.355 e. The lowest BCUT2D eigenvalue weighted by Gasteiger charge is -2.19. The van der Waals surface area contributed by atoms with Gasteiger partial charge in [-0.1, -0.05) is 30.3 Å². The van der Waals surface area contributed by atoms with Crippen LogP contribution in [-0.4, -0.2) is 24.0 Å². The summed E-state index contributed by atoms with van der Waals surface area (Å²) in [5, 5.41) is 2.53. The molecule has 1 aliphatic rings. The van der Waals surface area contributed by atoms with E-state index < -0.39 is 17.6 Å². The first kappa shape index (κ1) is 10.5. The Kier molecular flexibility index (Phi) is 2.81. The normalized spacial score (nSPS) is 20.4. The molecule has 4 nitrogen and oxygen atoms in total. The van der Waals surface area contributed by atoms with Gasteiger partial charge < -0.3 is 5.32 Å². The number of nitrogens with one attached hydrogen (secondary N) is 1. The first-order chi connectivity index (χ1) is 7.70. The van der Waals surface area contributed by atoms with E-state index in [1.165, 1.54) is 0 Å². The second-order valence-corrected chi connectivity index (χ2v) is 3.67. The molecular formula is C12H11NO3. The maximum atomic E-state index is 11.9. The molecule has 0 aromatic heterocycles. The Bertz CT molecular complexity index is 423. The smallest absolute Gasteiger partial charge is 0.238 e. The fraction of sp³-hybridized carbons (Fsp3) is 0.250. The van der Waals surface area contributed by atoms with E-state index in [9.17, 15) is 14.4 Å². The van der Waals surface area contributed by atoms with E-state index in [4.69, 9.17) is 0 Å². The zero-order chi connectivity index (χ0) is 11.5. The highest BCUT2D eigenvalue weighted by atomic mass is 16.2. The van der Waals surface area contributed by atoms with Gasteiger partial charge in [0.25, 0.3) is 0 Å². The third-order valence-corrected chi connectivity index (χ3v) is 2.58. The minimum absolute atomic E-state index is 0.231. The number of Topliss-reactive ketones (excluding diaryl/α,β-unsaturated/α-hetero) is 2. The zero-order valence-corrected chi connectivity index (χ0v) is 8.60. The molecule has 82 valence electrons. The Morgan fingerprint density at radius 1 is 1.19 bits per heavy atom. The van der Waals surface area contributed by atoms with Gasteiger partial charge in [0.2, 0.25) is 5.91 Å². The standard InChI is InChI=1S/C12H11NO3/c14-9-6-7-13-12(16)10(9)11(15)8-4-2-1-3-5-8/h1-5,10H,6-7H2,(H,13,16). The van der Waals surface area contributed by atoms with E-state index in [-0.39, 0.29) is 12.2 Å². The summed E-state index contributed by atoms with van der Waals surface area (Å²) < 4.78 is 0. The van der Waals surface area contributed by atoms with E-state index in [0.29, 0.717) is 12.1 Å². The maximum Gasteiger partial charge on any atom is 0.238 e. The van der Waals surface area contributed by atoms with Crippen LogP contribution in [0, 0.1) is 5.92 Å². The van der Waals surface area contributed by atoms with Crippen LogP contribution < -0.4 is 5.32 Å². The summed E-state index contributed by atoms with van der Waals surface area (Å²) in [6, 6.07) is 8.41. The van der Waals surface area contributed by atoms with Crippen molar-refractivity contribution in [3.63, 3.8) is 0 Å². The average molecular weight is 217 g/mol. The zero-order valence-electron chi connectivity index (χ0n) is 8.60. The summed E-state index contributed by atoms with van der Waals surface area (Å²) in [6.07, 6.45) is 0.231. The van der Waals surface area contributed by atoms with Crippen LogP contribution in [0.15, 0.2) is 30.3 Å². The molecule has 0 spiro atoms. The van der Waals surface area contributed by atoms with Crippen LogP contribution >= 0.6 is 0 Å². The average Bonchev–Trinajstić information content (AvgIpc) is 2.30. The van der Waals surface area contributed by atoms with Crippen molar-refractivity contribution in [2.75, 3.05) is 6.54 Å². The van der Waals surface area contributed by atoms with Gasteiger partial charge in [-0.25, -0.2) is 0 Å². The van der Waals surface area contributed by atoms with Crippen LogP contribution in [0.4, 0.5) is 0 Å². The summed E-state index contributed by atoms with van der Waals surface area (Å²) >= 11 is 0. The number of piperidine rings is 1. The molecule has 1 heterocycles. The molecule has 1 N–H and O–H groups in total. The van der Waals surface area contributed by atoms with Crippen molar-refractivity contribution in [2.45, 2.75) is 6.42 Å². The molecule has 2 rings (SSSR count). The Balaban J connectivity index is 2.27. The Morgan fingerprint density at radius 3 is 2.50 bits per heavy atom. The van der Waals surface area contributed by atoms with Crippen molar-refractivity contribution >= 4 is 17.5 Å². The summed E-state index contributed by atoms with van der Waals surface area (Å²) in [7, 11) is 0. The van der Waals surface area contributed by atoms with E-state index in [1.807, 2.05) is 0 Å². The van der Waals surface area contributed by atoms with Crippen LogP contribution in [0.5, 0.6) is 0 Å². The summed E-state index contributed by atoms with van der Waals surface area (Å²) in [5.41, 5.74) is 0.401. The molecule has 1 aromatic carbocycles. The molecule has 1 aromatic rings. The van der Waals surface area contributed by atoms with Crippen molar-refractivity contribution in [3.8, 4) is 0 Å². The van der Waals surface area contributed by atoms with Crippen LogP contribution in [0.3, 0.4) is 0 Å². The maximum absolute atomic E-state index is 11.9. The van der Waals surface area contributed by atoms with Crippen LogP contribution in [0.25, 0.3) is 0 Å². The molecule has 16 heavy (non-hydrogen) atoms. The van der Waals surface area contributed by atoms with Crippen molar-refractivity contribution in [3.05, 3.63) is 35.9 Å². The fourth-order valence-corrected chi connectivity index (χ4v) is 1.74. The Labute approximate surface area is 92.6 Å². The molecule has 1 amide bonds. The van der Waals surface area contributed by atoms with Crippen LogP contribution in [-0.2, 0) is 9.59 Å². The van der Waals surface area contributed by atoms with Crippen LogP contribution in [0.1, 0.15) is 16.8 Å². The highest BCUT2D eigenvalue weighted by Crippen LogP contribution is 2.14. The van der Waals surface area contributed by atoms with Crippen molar-refractivity contribution in [1.82, 2.24) is 5.32 Å². The minimum atomic E-state index is -1.16. The lowest BCUT2D eigenvalue weighted by Crippen LogP contribution is -2.46. The molecule has 0 saturated carbocycles. The quantitative estimate of drug-likeness (QED) is 0.582. The summed E-state index contributed by atoms with van der Waals surface area (Å²) in [5.74, 6) is -2.35. The predicted molar refractivity (Wildman–Crippen MR) is 56.9 cm³/mol. The lowest BCUT2D eigenvalue weighted by atomic mass is 9.89. The van der Waals surface area contributed by atoms with Gasteiger partial charge in [0.15, 0.2) is 17.5 Å². The number of hydrogen-bond acceptors (Lipinski definition) is 3. The number of benzene rings is 1. The topological polar surface area (TPSA) is 63.2 Å². The molecule has 1 fully saturated rings. The molecule has 0 radical (unpaired) electrons. The number of ketones is 2.